The first-order valence-electron chi connectivity index (χ1n) is 21.8. The Balaban J connectivity index is 1.08. The average molecular weight is 765 g/mol. The number of allylic oxidation sites excluding steroid dienone is 4. The topological polar surface area (TPSA) is 8.17 Å². The van der Waals surface area contributed by atoms with Crippen LogP contribution in [0, 0.1) is 0 Å². The highest BCUT2D eigenvalue weighted by atomic mass is 15.2. The van der Waals surface area contributed by atoms with Crippen LogP contribution in [-0.4, -0.2) is 10.6 Å². The fourth-order valence-corrected chi connectivity index (χ4v) is 10.5. The van der Waals surface area contributed by atoms with Gasteiger partial charge in [-0.2, -0.15) is 0 Å². The molecular weight excluding hydrogens is 713 g/mol. The second-order valence-electron chi connectivity index (χ2n) is 16.5. The minimum absolute atomic E-state index is 0.322. The number of benzene rings is 7. The van der Waals surface area contributed by atoms with E-state index in [1.165, 1.54) is 95.9 Å². The van der Waals surface area contributed by atoms with E-state index in [0.29, 0.717) is 17.9 Å². The van der Waals surface area contributed by atoms with Crippen molar-refractivity contribution in [3.8, 4) is 16.8 Å². The van der Waals surface area contributed by atoms with E-state index in [-0.39, 0.29) is 0 Å². The molecule has 0 bridgehead atoms. The van der Waals surface area contributed by atoms with Crippen LogP contribution in [0.5, 0.6) is 0 Å². The summed E-state index contributed by atoms with van der Waals surface area (Å²) in [6.45, 7) is 4.44. The predicted molar refractivity (Wildman–Crippen MR) is 253 cm³/mol. The molecule has 1 heterocycles. The Morgan fingerprint density at radius 1 is 0.678 bits per heavy atom. The molecular formula is C57H52N2. The number of para-hydroxylation sites is 1. The highest BCUT2D eigenvalue weighted by Gasteiger charge is 2.33. The lowest BCUT2D eigenvalue weighted by Gasteiger charge is -2.41. The second kappa shape index (κ2) is 16.1. The SMILES string of the molecule is C/C=C\c1c(CC)ccc2c1c1c(C3CCCC(N(C4=CCC(c5ccccc5-c5ccccc5)C=C4)c4cccc5ccccc45)C3)cccc1n2-c1ccccc1. The number of hydrogen-bond donors (Lipinski definition) is 0. The van der Waals surface area contributed by atoms with Gasteiger partial charge in [0.05, 0.1) is 11.0 Å². The lowest BCUT2D eigenvalue weighted by molar-refractivity contribution is 0.386. The summed E-state index contributed by atoms with van der Waals surface area (Å²) in [5.74, 6) is 0.745. The van der Waals surface area contributed by atoms with Crippen molar-refractivity contribution >= 4 is 44.3 Å². The minimum Gasteiger partial charge on any atom is -0.338 e. The molecule has 0 amide bonds. The second-order valence-corrected chi connectivity index (χ2v) is 16.5. The summed E-state index contributed by atoms with van der Waals surface area (Å²) in [6, 6.07) is 58.8. The number of rotatable bonds is 9. The molecule has 2 nitrogen and oxygen atoms in total. The van der Waals surface area contributed by atoms with Crippen LogP contribution in [0.1, 0.15) is 80.0 Å². The van der Waals surface area contributed by atoms with Crippen LogP contribution in [0.4, 0.5) is 5.69 Å². The van der Waals surface area contributed by atoms with Gasteiger partial charge in [0.1, 0.15) is 0 Å². The molecule has 0 aliphatic heterocycles. The molecule has 1 saturated carbocycles. The third-order valence-electron chi connectivity index (χ3n) is 13.1. The van der Waals surface area contributed by atoms with E-state index < -0.39 is 0 Å². The molecule has 0 N–H and O–H groups in total. The van der Waals surface area contributed by atoms with Gasteiger partial charge in [-0.05, 0) is 120 Å². The molecule has 1 aromatic heterocycles. The van der Waals surface area contributed by atoms with Crippen LogP contribution in [0.15, 0.2) is 188 Å². The van der Waals surface area contributed by atoms with Crippen LogP contribution in [-0.2, 0) is 6.42 Å². The van der Waals surface area contributed by atoms with E-state index in [1.807, 2.05) is 0 Å². The van der Waals surface area contributed by atoms with Gasteiger partial charge in [-0.15, -0.1) is 0 Å². The Morgan fingerprint density at radius 2 is 1.41 bits per heavy atom. The molecule has 8 aromatic rings. The van der Waals surface area contributed by atoms with E-state index in [2.05, 4.69) is 211 Å². The molecule has 1 fully saturated rings. The Kier molecular flexibility index (Phi) is 10.1. The largest absolute Gasteiger partial charge is 0.338 e. The Morgan fingerprint density at radius 3 is 2.22 bits per heavy atom. The van der Waals surface area contributed by atoms with Gasteiger partial charge < -0.3 is 9.47 Å². The molecule has 3 unspecified atom stereocenters. The first-order valence-corrected chi connectivity index (χ1v) is 21.8. The van der Waals surface area contributed by atoms with E-state index in [0.717, 1.165) is 25.7 Å². The van der Waals surface area contributed by atoms with Gasteiger partial charge in [0.15, 0.2) is 0 Å². The number of hydrogen-bond acceptors (Lipinski definition) is 1. The zero-order valence-electron chi connectivity index (χ0n) is 34.3. The Labute approximate surface area is 349 Å². The van der Waals surface area contributed by atoms with Crippen LogP contribution in [0.25, 0.3) is 55.5 Å². The van der Waals surface area contributed by atoms with Crippen LogP contribution < -0.4 is 4.90 Å². The minimum atomic E-state index is 0.322. The van der Waals surface area contributed by atoms with Crippen molar-refractivity contribution in [1.82, 2.24) is 4.57 Å². The van der Waals surface area contributed by atoms with Crippen LogP contribution in [0.2, 0.25) is 0 Å². The standard InChI is InChI=1S/C57H52N2/c1-3-18-51-40(4-2)35-38-55-56(51)57-52(30-17-32-54(57)59(55)45-24-9-6-10-25-45)44-23-15-26-47(39-44)58(53-31-16-22-42-21-11-12-29-50(42)53)46-36-33-43(34-37-46)49-28-14-13-27-48(49)41-19-7-5-8-20-41/h3,5-14,16-22,24-25,27-33,35-38,43-44,47H,4,15,23,26,34,39H2,1-2H3/b18-3-. The summed E-state index contributed by atoms with van der Waals surface area (Å²) < 4.78 is 2.51. The van der Waals surface area contributed by atoms with Gasteiger partial charge in [0.25, 0.3) is 0 Å². The zero-order valence-corrected chi connectivity index (χ0v) is 34.3. The maximum atomic E-state index is 2.73. The highest BCUT2D eigenvalue weighted by Crippen LogP contribution is 2.47. The number of nitrogens with zero attached hydrogens (tertiary/aromatic N) is 2. The third kappa shape index (κ3) is 6.71. The highest BCUT2D eigenvalue weighted by molar-refractivity contribution is 6.15. The molecule has 2 aliphatic carbocycles. The quantitative estimate of drug-likeness (QED) is 0.142. The van der Waals surface area contributed by atoms with Crippen LogP contribution >= 0.6 is 0 Å². The number of fused-ring (bicyclic) bond motifs is 4. The molecule has 0 spiro atoms. The van der Waals surface area contributed by atoms with Gasteiger partial charge >= 0.3 is 0 Å². The molecule has 0 radical (unpaired) electrons. The smallest absolute Gasteiger partial charge is 0.0547 e. The maximum absolute atomic E-state index is 2.73. The van der Waals surface area contributed by atoms with Crippen LogP contribution in [0.3, 0.4) is 0 Å². The fraction of sp³-hybridized carbons (Fsp3) is 0.193. The van der Waals surface area contributed by atoms with Crippen molar-refractivity contribution in [3.05, 3.63) is 210 Å². The summed E-state index contributed by atoms with van der Waals surface area (Å²) in [7, 11) is 0. The summed E-state index contributed by atoms with van der Waals surface area (Å²) in [5, 5.41) is 5.43. The Hall–Kier alpha value is -6.38. The summed E-state index contributed by atoms with van der Waals surface area (Å²) in [5.41, 5.74) is 14.7. The van der Waals surface area contributed by atoms with Crippen molar-refractivity contribution in [1.29, 1.82) is 0 Å². The molecule has 3 atom stereocenters. The molecule has 2 heteroatoms. The summed E-state index contributed by atoms with van der Waals surface area (Å²) in [6.07, 6.45) is 18.6. The molecule has 7 aromatic carbocycles. The fourth-order valence-electron chi connectivity index (χ4n) is 10.5. The van der Waals surface area contributed by atoms with Crippen molar-refractivity contribution < 1.29 is 0 Å². The van der Waals surface area contributed by atoms with Gasteiger partial charge in [0, 0.05) is 45.2 Å². The molecule has 10 rings (SSSR count). The lowest BCUT2D eigenvalue weighted by atomic mass is 9.78. The summed E-state index contributed by atoms with van der Waals surface area (Å²) in [4.78, 5) is 2.73. The molecule has 290 valence electrons. The van der Waals surface area contributed by atoms with E-state index in [1.54, 1.807) is 0 Å². The molecule has 2 aliphatic rings. The van der Waals surface area contributed by atoms with Gasteiger partial charge in [-0.1, -0.05) is 165 Å². The average Bonchev–Trinajstić information content (AvgIpc) is 3.65. The normalized spacial score (nSPS) is 18.2. The van der Waals surface area contributed by atoms with E-state index in [4.69, 9.17) is 0 Å². The van der Waals surface area contributed by atoms with Crippen molar-refractivity contribution in [3.63, 3.8) is 0 Å². The predicted octanol–water partition coefficient (Wildman–Crippen LogP) is 15.4. The third-order valence-corrected chi connectivity index (χ3v) is 13.1. The van der Waals surface area contributed by atoms with Crippen molar-refractivity contribution in [2.75, 3.05) is 4.90 Å². The maximum Gasteiger partial charge on any atom is 0.0547 e. The van der Waals surface area contributed by atoms with Gasteiger partial charge in [-0.25, -0.2) is 0 Å². The lowest BCUT2D eigenvalue weighted by Crippen LogP contribution is -2.38. The number of aryl methyl sites for hydroxylation is 1. The van der Waals surface area contributed by atoms with E-state index in [9.17, 15) is 0 Å². The zero-order chi connectivity index (χ0) is 39.7. The first-order chi connectivity index (χ1) is 29.2. The van der Waals surface area contributed by atoms with Crippen molar-refractivity contribution in [2.24, 2.45) is 0 Å². The van der Waals surface area contributed by atoms with E-state index >= 15 is 0 Å². The van der Waals surface area contributed by atoms with Gasteiger partial charge in [0.2, 0.25) is 0 Å². The Bertz CT molecular complexity index is 2870. The number of aromatic nitrogens is 1. The monoisotopic (exact) mass is 764 g/mol. The summed E-state index contributed by atoms with van der Waals surface area (Å²) >= 11 is 0. The molecule has 0 saturated heterocycles. The van der Waals surface area contributed by atoms with Crippen molar-refractivity contribution in [2.45, 2.75) is 70.3 Å². The molecule has 59 heavy (non-hydrogen) atoms. The van der Waals surface area contributed by atoms with Gasteiger partial charge in [-0.3, -0.25) is 0 Å². The number of anilines is 1. The first kappa shape index (κ1) is 36.9.